The van der Waals surface area contributed by atoms with Crippen molar-refractivity contribution in [3.05, 3.63) is 158 Å². The average Bonchev–Trinajstić information content (AvgIpc) is 3.14. The van der Waals surface area contributed by atoms with Crippen LogP contribution in [0.2, 0.25) is 0 Å². The molecular formula is C44H26N2. The van der Waals surface area contributed by atoms with Crippen molar-refractivity contribution in [3.63, 3.8) is 0 Å². The summed E-state index contributed by atoms with van der Waals surface area (Å²) in [5, 5.41) is 16.1. The Kier molecular flexibility index (Phi) is 5.31. The van der Waals surface area contributed by atoms with Crippen molar-refractivity contribution in [3.8, 4) is 22.6 Å². The van der Waals surface area contributed by atoms with Crippen LogP contribution in [0.4, 0.5) is 0 Å². The number of para-hydroxylation sites is 1. The predicted octanol–water partition coefficient (Wildman–Crippen LogP) is 11.9. The molecule has 0 fully saturated rings. The largest absolute Gasteiger partial charge is 0.228 e. The molecule has 0 radical (unpaired) electrons. The van der Waals surface area contributed by atoms with Gasteiger partial charge in [0, 0.05) is 16.5 Å². The number of rotatable bonds is 2. The monoisotopic (exact) mass is 582 g/mol. The van der Waals surface area contributed by atoms with Crippen LogP contribution in [0, 0.1) is 0 Å². The fourth-order valence-electron chi connectivity index (χ4n) is 7.53. The SMILES string of the molecule is c1ccc2c(-c3ccc4c5ccccc5c5ccccc5c4c3)nc(-c3ccc4c5ccccc5c5ccccc5c4c3)nc2c1. The Morgan fingerprint density at radius 1 is 0.261 bits per heavy atom. The lowest BCUT2D eigenvalue weighted by Gasteiger charge is -2.14. The third kappa shape index (κ3) is 3.65. The number of hydrogen-bond acceptors (Lipinski definition) is 2. The summed E-state index contributed by atoms with van der Waals surface area (Å²) in [5.74, 6) is 0.733. The summed E-state index contributed by atoms with van der Waals surface area (Å²) in [6.45, 7) is 0. The zero-order chi connectivity index (χ0) is 30.2. The van der Waals surface area contributed by atoms with E-state index in [9.17, 15) is 0 Å². The highest BCUT2D eigenvalue weighted by Gasteiger charge is 2.16. The Balaban J connectivity index is 1.24. The molecule has 2 nitrogen and oxygen atoms in total. The lowest BCUT2D eigenvalue weighted by atomic mass is 9.92. The summed E-state index contributed by atoms with van der Waals surface area (Å²) in [5.41, 5.74) is 3.99. The zero-order valence-corrected chi connectivity index (χ0v) is 24.9. The van der Waals surface area contributed by atoms with Crippen LogP contribution in [0.15, 0.2) is 158 Å². The Morgan fingerprint density at radius 2 is 0.609 bits per heavy atom. The van der Waals surface area contributed by atoms with Gasteiger partial charge in [0.1, 0.15) is 0 Å². The highest BCUT2D eigenvalue weighted by atomic mass is 14.9. The van der Waals surface area contributed by atoms with Crippen molar-refractivity contribution in [2.24, 2.45) is 0 Å². The molecule has 0 saturated carbocycles. The topological polar surface area (TPSA) is 25.8 Å². The van der Waals surface area contributed by atoms with Crippen molar-refractivity contribution in [1.82, 2.24) is 9.97 Å². The maximum absolute atomic E-state index is 5.33. The number of nitrogens with zero attached hydrogens (tertiary/aromatic N) is 2. The minimum absolute atomic E-state index is 0.733. The van der Waals surface area contributed by atoms with E-state index in [4.69, 9.17) is 9.97 Å². The highest BCUT2D eigenvalue weighted by molar-refractivity contribution is 6.27. The predicted molar refractivity (Wildman–Crippen MR) is 195 cm³/mol. The molecule has 212 valence electrons. The van der Waals surface area contributed by atoms with Crippen LogP contribution in [0.3, 0.4) is 0 Å². The van der Waals surface area contributed by atoms with Crippen LogP contribution < -0.4 is 0 Å². The summed E-state index contributed by atoms with van der Waals surface area (Å²) >= 11 is 0. The molecule has 10 aromatic rings. The molecule has 0 amide bonds. The van der Waals surface area contributed by atoms with Gasteiger partial charge >= 0.3 is 0 Å². The Morgan fingerprint density at radius 3 is 1.09 bits per heavy atom. The van der Waals surface area contributed by atoms with Crippen molar-refractivity contribution in [2.45, 2.75) is 0 Å². The fraction of sp³-hybridized carbons (Fsp3) is 0. The van der Waals surface area contributed by atoms with Crippen LogP contribution in [0.5, 0.6) is 0 Å². The summed E-state index contributed by atoms with van der Waals surface area (Å²) in [6.07, 6.45) is 0. The molecule has 0 saturated heterocycles. The second kappa shape index (κ2) is 9.69. The molecule has 2 heteroatoms. The first-order chi connectivity index (χ1) is 22.8. The maximum Gasteiger partial charge on any atom is 0.160 e. The molecule has 9 aromatic carbocycles. The molecular weight excluding hydrogens is 556 g/mol. The van der Waals surface area contributed by atoms with Crippen LogP contribution in [0.1, 0.15) is 0 Å². The first-order valence-corrected chi connectivity index (χ1v) is 15.8. The second-order valence-electron chi connectivity index (χ2n) is 12.1. The van der Waals surface area contributed by atoms with Crippen molar-refractivity contribution in [1.29, 1.82) is 0 Å². The average molecular weight is 583 g/mol. The molecule has 0 aliphatic rings. The van der Waals surface area contributed by atoms with Gasteiger partial charge in [0.2, 0.25) is 0 Å². The standard InChI is InChI=1S/C44H26N2/c1-3-15-33-29(11-1)31-13-5-7-17-35(31)40-25-27(21-23-37(33)40)43-39-19-9-10-20-42(39)45-44(46-43)28-22-24-38-34-16-4-2-12-30(34)32-14-6-8-18-36(32)41(38)26-28/h1-26H. The fourth-order valence-corrected chi connectivity index (χ4v) is 7.53. The van der Waals surface area contributed by atoms with E-state index in [1.807, 2.05) is 0 Å². The smallest absolute Gasteiger partial charge is 0.160 e. The van der Waals surface area contributed by atoms with E-state index in [0.29, 0.717) is 0 Å². The maximum atomic E-state index is 5.33. The summed E-state index contributed by atoms with van der Waals surface area (Å²) in [7, 11) is 0. The molecule has 0 unspecified atom stereocenters. The van der Waals surface area contributed by atoms with Gasteiger partial charge < -0.3 is 0 Å². The molecule has 0 bridgehead atoms. The van der Waals surface area contributed by atoms with Gasteiger partial charge in [-0.25, -0.2) is 9.97 Å². The van der Waals surface area contributed by atoms with E-state index in [0.717, 1.165) is 33.5 Å². The van der Waals surface area contributed by atoms with E-state index in [2.05, 4.69) is 158 Å². The Bertz CT molecular complexity index is 2800. The quantitative estimate of drug-likeness (QED) is 0.190. The van der Waals surface area contributed by atoms with E-state index < -0.39 is 0 Å². The lowest BCUT2D eigenvalue weighted by molar-refractivity contribution is 1.23. The normalized spacial score (nSPS) is 11.9. The van der Waals surface area contributed by atoms with Gasteiger partial charge in [0.05, 0.1) is 11.2 Å². The first kappa shape index (κ1) is 25.2. The number of hydrogen-bond donors (Lipinski definition) is 0. The minimum atomic E-state index is 0.733. The van der Waals surface area contributed by atoms with E-state index >= 15 is 0 Å². The molecule has 46 heavy (non-hydrogen) atoms. The van der Waals surface area contributed by atoms with E-state index in [-0.39, 0.29) is 0 Å². The number of aromatic nitrogens is 2. The lowest BCUT2D eigenvalue weighted by Crippen LogP contribution is -1.96. The van der Waals surface area contributed by atoms with Gasteiger partial charge in [-0.3, -0.25) is 0 Å². The van der Waals surface area contributed by atoms with Gasteiger partial charge in [0.25, 0.3) is 0 Å². The Hall–Kier alpha value is -6.12. The van der Waals surface area contributed by atoms with Gasteiger partial charge in [-0.1, -0.05) is 140 Å². The van der Waals surface area contributed by atoms with Crippen LogP contribution >= 0.6 is 0 Å². The molecule has 0 spiro atoms. The zero-order valence-electron chi connectivity index (χ0n) is 24.9. The first-order valence-electron chi connectivity index (χ1n) is 15.8. The van der Waals surface area contributed by atoms with E-state index in [1.54, 1.807) is 0 Å². The number of benzene rings is 9. The van der Waals surface area contributed by atoms with Crippen LogP contribution in [-0.4, -0.2) is 9.97 Å². The van der Waals surface area contributed by atoms with Gasteiger partial charge in [-0.15, -0.1) is 0 Å². The summed E-state index contributed by atoms with van der Waals surface area (Å²) in [4.78, 5) is 10.5. The molecule has 0 aliphatic heterocycles. The molecule has 0 N–H and O–H groups in total. The van der Waals surface area contributed by atoms with Gasteiger partial charge in [-0.2, -0.15) is 0 Å². The van der Waals surface area contributed by atoms with Crippen molar-refractivity contribution < 1.29 is 0 Å². The third-order valence-electron chi connectivity index (χ3n) is 9.62. The minimum Gasteiger partial charge on any atom is -0.228 e. The summed E-state index contributed by atoms with van der Waals surface area (Å²) < 4.78 is 0. The second-order valence-corrected chi connectivity index (χ2v) is 12.1. The van der Waals surface area contributed by atoms with E-state index in [1.165, 1.54) is 64.6 Å². The molecule has 10 rings (SSSR count). The van der Waals surface area contributed by atoms with Gasteiger partial charge in [0.15, 0.2) is 5.82 Å². The van der Waals surface area contributed by atoms with Crippen LogP contribution in [-0.2, 0) is 0 Å². The molecule has 1 heterocycles. The van der Waals surface area contributed by atoms with Crippen LogP contribution in [0.25, 0.3) is 98.2 Å². The summed E-state index contributed by atoms with van der Waals surface area (Å²) in [6, 6.07) is 56.7. The molecule has 0 atom stereocenters. The third-order valence-corrected chi connectivity index (χ3v) is 9.62. The van der Waals surface area contributed by atoms with Gasteiger partial charge in [-0.05, 0) is 82.8 Å². The number of fused-ring (bicyclic) bond motifs is 13. The molecule has 1 aromatic heterocycles. The molecule has 0 aliphatic carbocycles. The highest BCUT2D eigenvalue weighted by Crippen LogP contribution is 2.40. The Labute approximate surface area is 265 Å². The van der Waals surface area contributed by atoms with Crippen molar-refractivity contribution >= 4 is 75.5 Å². The van der Waals surface area contributed by atoms with Crippen molar-refractivity contribution in [2.75, 3.05) is 0 Å².